The number of thiazole rings is 1. The van der Waals surface area contributed by atoms with Gasteiger partial charge in [0.15, 0.2) is 0 Å². The van der Waals surface area contributed by atoms with Gasteiger partial charge in [-0.2, -0.15) is 4.98 Å². The van der Waals surface area contributed by atoms with Crippen LogP contribution in [-0.2, 0) is 56.7 Å². The van der Waals surface area contributed by atoms with E-state index in [0.717, 1.165) is 49.4 Å². The van der Waals surface area contributed by atoms with Crippen molar-refractivity contribution in [2.24, 2.45) is 7.05 Å². The predicted octanol–water partition coefficient (Wildman–Crippen LogP) is 8.07. The molecule has 0 fully saturated rings. The second-order valence-corrected chi connectivity index (χ2v) is 16.9. The number of carbonyl (C=O) groups excluding carboxylic acids is 1. The number of amides is 1. The molecular weight excluding hydrogens is 912 g/mol. The summed E-state index contributed by atoms with van der Waals surface area (Å²) in [7, 11) is 2.01. The van der Waals surface area contributed by atoms with Crippen molar-refractivity contribution in [1.29, 1.82) is 0 Å². The molecular formula is C49H51ClN8O9S. The smallest absolute Gasteiger partial charge is 0.336 e. The summed E-state index contributed by atoms with van der Waals surface area (Å²) in [6, 6.07) is 23.1. The minimum Gasteiger partial charge on any atom is -0.491 e. The van der Waals surface area contributed by atoms with Crippen molar-refractivity contribution >= 4 is 57.3 Å². The fraction of sp³-hybridized carbons (Fsp3) is 0.306. The molecule has 19 heteroatoms. The highest BCUT2D eigenvalue weighted by Gasteiger charge is 2.17. The SMILES string of the molecule is Cc1ncsc1-c1ccc(CNC=O)c(OCCOCCOCCOCCOCCn2cc(CCc3ccc(Oc4nc5cc(-c6ccc7c(ccn7C)c6)c(Cl)cc5[nH]4)cc3C(=O)O)nn2)c1. The Morgan fingerprint density at radius 1 is 0.868 bits per heavy atom. The van der Waals surface area contributed by atoms with Crippen molar-refractivity contribution in [1.82, 2.24) is 39.8 Å². The van der Waals surface area contributed by atoms with E-state index in [1.807, 2.05) is 68.3 Å². The summed E-state index contributed by atoms with van der Waals surface area (Å²) in [5, 5.41) is 22.9. The van der Waals surface area contributed by atoms with Crippen LogP contribution in [0.5, 0.6) is 17.5 Å². The number of halogens is 1. The molecule has 354 valence electrons. The molecule has 8 rings (SSSR count). The number of hydrogen-bond donors (Lipinski definition) is 3. The normalized spacial score (nSPS) is 11.5. The Balaban J connectivity index is 0.688. The second kappa shape index (κ2) is 23.4. The first-order chi connectivity index (χ1) is 33.2. The second-order valence-electron chi connectivity index (χ2n) is 15.7. The number of carboxylic acids is 1. The van der Waals surface area contributed by atoms with Crippen LogP contribution in [0.25, 0.3) is 43.5 Å². The molecule has 17 nitrogen and oxygen atoms in total. The van der Waals surface area contributed by atoms with Crippen LogP contribution in [0.2, 0.25) is 5.02 Å². The third-order valence-corrected chi connectivity index (χ3v) is 12.3. The molecule has 4 aromatic carbocycles. The zero-order valence-electron chi connectivity index (χ0n) is 37.6. The molecule has 0 unspecified atom stereocenters. The van der Waals surface area contributed by atoms with E-state index in [2.05, 4.69) is 53.3 Å². The van der Waals surface area contributed by atoms with Crippen LogP contribution in [0.4, 0.5) is 0 Å². The van der Waals surface area contributed by atoms with Gasteiger partial charge in [-0.05, 0) is 85.0 Å². The number of rotatable bonds is 27. The van der Waals surface area contributed by atoms with Gasteiger partial charge < -0.3 is 48.4 Å². The summed E-state index contributed by atoms with van der Waals surface area (Å²) in [4.78, 5) is 36.3. The zero-order chi connectivity index (χ0) is 47.2. The minimum atomic E-state index is -1.06. The molecule has 68 heavy (non-hydrogen) atoms. The number of imidazole rings is 1. The summed E-state index contributed by atoms with van der Waals surface area (Å²) >= 11 is 8.29. The highest BCUT2D eigenvalue weighted by atomic mass is 35.5. The van der Waals surface area contributed by atoms with Gasteiger partial charge in [0.25, 0.3) is 6.01 Å². The average Bonchev–Trinajstić information content (AvgIpc) is 4.16. The number of aromatic amines is 1. The average molecular weight is 964 g/mol. The van der Waals surface area contributed by atoms with Crippen LogP contribution in [0.15, 0.2) is 90.7 Å². The molecule has 0 spiro atoms. The maximum absolute atomic E-state index is 12.3. The lowest BCUT2D eigenvalue weighted by Gasteiger charge is -2.13. The summed E-state index contributed by atoms with van der Waals surface area (Å²) in [6.07, 6.45) is 5.46. The Morgan fingerprint density at radius 2 is 1.62 bits per heavy atom. The number of fused-ring (bicyclic) bond motifs is 2. The van der Waals surface area contributed by atoms with Crippen LogP contribution < -0.4 is 14.8 Å². The highest BCUT2D eigenvalue weighted by molar-refractivity contribution is 7.13. The van der Waals surface area contributed by atoms with Gasteiger partial charge >= 0.3 is 5.97 Å². The maximum Gasteiger partial charge on any atom is 0.336 e. The van der Waals surface area contributed by atoms with Gasteiger partial charge in [0.2, 0.25) is 6.41 Å². The van der Waals surface area contributed by atoms with Gasteiger partial charge in [-0.3, -0.25) is 4.79 Å². The monoisotopic (exact) mass is 962 g/mol. The number of aromatic carboxylic acids is 1. The lowest BCUT2D eigenvalue weighted by Crippen LogP contribution is -2.15. The van der Waals surface area contributed by atoms with Gasteiger partial charge in [-0.1, -0.05) is 41.1 Å². The van der Waals surface area contributed by atoms with E-state index in [9.17, 15) is 14.7 Å². The molecule has 0 atom stereocenters. The summed E-state index contributed by atoms with van der Waals surface area (Å²) in [6.45, 7) is 6.53. The Labute approximate surface area is 400 Å². The van der Waals surface area contributed by atoms with Crippen LogP contribution in [-0.4, -0.2) is 111 Å². The van der Waals surface area contributed by atoms with Crippen molar-refractivity contribution in [3.63, 3.8) is 0 Å². The summed E-state index contributed by atoms with van der Waals surface area (Å²) in [5.74, 6) is -0.0414. The van der Waals surface area contributed by atoms with Crippen LogP contribution in [0, 0.1) is 6.92 Å². The molecule has 0 aliphatic heterocycles. The van der Waals surface area contributed by atoms with Crippen LogP contribution in [0.1, 0.15) is 32.9 Å². The molecule has 3 N–H and O–H groups in total. The fourth-order valence-electron chi connectivity index (χ4n) is 7.54. The van der Waals surface area contributed by atoms with E-state index < -0.39 is 5.97 Å². The van der Waals surface area contributed by atoms with E-state index >= 15 is 0 Å². The van der Waals surface area contributed by atoms with E-state index in [1.165, 1.54) is 6.07 Å². The van der Waals surface area contributed by atoms with Gasteiger partial charge in [0.05, 0.1) is 103 Å². The number of H-pyrrole nitrogens is 1. The Hall–Kier alpha value is -6.67. The number of carbonyl (C=O) groups is 2. The first-order valence-corrected chi connectivity index (χ1v) is 23.3. The Morgan fingerprint density at radius 3 is 2.37 bits per heavy atom. The molecule has 0 aliphatic rings. The number of aryl methyl sites for hydroxylation is 4. The predicted molar refractivity (Wildman–Crippen MR) is 258 cm³/mol. The first-order valence-electron chi connectivity index (χ1n) is 22.0. The number of carboxylic acid groups (broad SMARTS) is 1. The lowest BCUT2D eigenvalue weighted by molar-refractivity contribution is -0.109. The summed E-state index contributed by atoms with van der Waals surface area (Å²) < 4.78 is 38.4. The highest BCUT2D eigenvalue weighted by Crippen LogP contribution is 2.35. The van der Waals surface area contributed by atoms with Crippen molar-refractivity contribution in [2.75, 3.05) is 59.5 Å². The van der Waals surface area contributed by atoms with E-state index in [1.54, 1.807) is 28.2 Å². The number of nitrogens with zero attached hydrogens (tertiary/aromatic N) is 6. The van der Waals surface area contributed by atoms with E-state index in [4.69, 9.17) is 40.0 Å². The molecule has 1 amide bonds. The van der Waals surface area contributed by atoms with Crippen molar-refractivity contribution in [3.8, 4) is 39.1 Å². The molecule has 8 aromatic rings. The number of ether oxygens (including phenoxy) is 6. The molecule has 4 aromatic heterocycles. The third-order valence-electron chi connectivity index (χ3n) is 11.0. The number of hydrogen-bond acceptors (Lipinski definition) is 13. The molecule has 0 aliphatic carbocycles. The molecule has 0 bridgehead atoms. The topological polar surface area (TPSA) is 199 Å². The first kappa shape index (κ1) is 47.8. The molecule has 4 heterocycles. The van der Waals surface area contributed by atoms with Crippen LogP contribution >= 0.6 is 22.9 Å². The number of aromatic nitrogens is 7. The van der Waals surface area contributed by atoms with Crippen molar-refractivity contribution in [2.45, 2.75) is 32.9 Å². The standard InChI is InChI=1S/C49H51ClN8O9S/c1-32-47(68-31-52-32)36-3-4-37(28-51-30-59)46(24-36)66-22-21-65-20-19-64-18-17-63-16-15-62-14-13-58-29-38(55-56-58)8-5-33-6-9-39(25-41(33)48(60)61)67-49-53-43-26-40(42(50)27-44(43)54-49)34-7-10-45-35(23-34)11-12-57(45)2/h3-4,6-7,9-12,23-27,29-31H,5,8,13-22,28H2,1-2H3,(H,51,59)(H,53,54)(H,60,61). The van der Waals surface area contributed by atoms with Gasteiger partial charge in [-0.25, -0.2) is 14.5 Å². The van der Waals surface area contributed by atoms with Gasteiger partial charge in [0.1, 0.15) is 18.1 Å². The quantitative estimate of drug-likeness (QED) is 0.0331. The lowest BCUT2D eigenvalue weighted by atomic mass is 10.0. The van der Waals surface area contributed by atoms with Gasteiger partial charge in [0, 0.05) is 48.0 Å². The largest absolute Gasteiger partial charge is 0.491 e. The Kier molecular flexibility index (Phi) is 16.4. The Bertz CT molecular complexity index is 2970. The van der Waals surface area contributed by atoms with Gasteiger partial charge in [-0.15, -0.1) is 16.4 Å². The zero-order valence-corrected chi connectivity index (χ0v) is 39.2. The summed E-state index contributed by atoms with van der Waals surface area (Å²) in [5.41, 5.74) is 10.5. The molecule has 0 saturated carbocycles. The fourth-order valence-corrected chi connectivity index (χ4v) is 8.61. The van der Waals surface area contributed by atoms with Crippen molar-refractivity contribution < 1.29 is 43.1 Å². The molecule has 0 radical (unpaired) electrons. The van der Waals surface area contributed by atoms with E-state index in [-0.39, 0.29) is 11.6 Å². The third kappa shape index (κ3) is 12.5. The maximum atomic E-state index is 12.3. The number of nitrogens with one attached hydrogen (secondary N) is 2. The van der Waals surface area contributed by atoms with E-state index in [0.29, 0.717) is 125 Å². The minimum absolute atomic E-state index is 0.129. The van der Waals surface area contributed by atoms with Crippen molar-refractivity contribution in [3.05, 3.63) is 124 Å². The molecule has 0 saturated heterocycles. The van der Waals surface area contributed by atoms with Crippen LogP contribution in [0.3, 0.4) is 0 Å². The number of benzene rings is 4.